The molecular formula is C23H21Cl3N2O4. The molecule has 0 saturated carbocycles. The summed E-state index contributed by atoms with van der Waals surface area (Å²) in [6.07, 6.45) is -0.852. The van der Waals surface area contributed by atoms with Gasteiger partial charge in [-0.3, -0.25) is 4.79 Å². The molecule has 0 aromatic heterocycles. The predicted octanol–water partition coefficient (Wildman–Crippen LogP) is 6.52. The molecule has 3 aromatic rings. The molecule has 0 fully saturated rings. The minimum absolute atomic E-state index is 0.0432. The van der Waals surface area contributed by atoms with Gasteiger partial charge in [0.15, 0.2) is 12.8 Å². The fourth-order valence-corrected chi connectivity index (χ4v) is 3.41. The highest BCUT2D eigenvalue weighted by Crippen LogP contribution is 2.34. The van der Waals surface area contributed by atoms with E-state index < -0.39 is 12.0 Å². The Morgan fingerprint density at radius 2 is 1.72 bits per heavy atom. The molecule has 9 heteroatoms. The first kappa shape index (κ1) is 23.9. The van der Waals surface area contributed by atoms with Crippen molar-refractivity contribution in [1.29, 1.82) is 0 Å². The minimum atomic E-state index is -0.852. The third-order valence-electron chi connectivity index (χ3n) is 4.43. The van der Waals surface area contributed by atoms with Crippen LogP contribution in [0.2, 0.25) is 15.1 Å². The standard InChI is InChI=1S/C23H21Cl3N2O4/c1-13-7-8-22(17(26)9-13)32-14(2)23(30)28-18-11-20(29)19(10-16(18)25)27-12-31-21-6-4-3-5-15(21)24/h3-11,14,27,29H,12H2,1-2H3,(H,28,30). The first-order valence-corrected chi connectivity index (χ1v) is 10.8. The molecule has 0 spiro atoms. The zero-order valence-electron chi connectivity index (χ0n) is 17.3. The van der Waals surface area contributed by atoms with Gasteiger partial charge in [-0.15, -0.1) is 0 Å². The molecule has 6 nitrogen and oxygen atoms in total. The Bertz CT molecular complexity index is 1120. The number of amides is 1. The van der Waals surface area contributed by atoms with Gasteiger partial charge in [-0.25, -0.2) is 0 Å². The fourth-order valence-electron chi connectivity index (χ4n) is 2.73. The van der Waals surface area contributed by atoms with Crippen LogP contribution in [0.5, 0.6) is 17.2 Å². The van der Waals surface area contributed by atoms with Gasteiger partial charge in [-0.2, -0.15) is 0 Å². The van der Waals surface area contributed by atoms with Crippen LogP contribution in [0.4, 0.5) is 11.4 Å². The summed E-state index contributed by atoms with van der Waals surface area (Å²) in [5, 5.41) is 17.0. The van der Waals surface area contributed by atoms with E-state index in [1.165, 1.54) is 12.1 Å². The van der Waals surface area contributed by atoms with Gasteiger partial charge in [0.25, 0.3) is 5.91 Å². The lowest BCUT2D eigenvalue weighted by Gasteiger charge is -2.17. The Labute approximate surface area is 201 Å². The third kappa shape index (κ3) is 6.13. The van der Waals surface area contributed by atoms with Crippen molar-refractivity contribution in [2.24, 2.45) is 0 Å². The number of rotatable bonds is 8. The van der Waals surface area contributed by atoms with E-state index in [0.717, 1.165) is 5.56 Å². The SMILES string of the molecule is Cc1ccc(OC(C)C(=O)Nc2cc(O)c(NCOc3ccccc3Cl)cc2Cl)c(Cl)c1. The summed E-state index contributed by atoms with van der Waals surface area (Å²) < 4.78 is 11.2. The van der Waals surface area contributed by atoms with E-state index in [9.17, 15) is 9.90 Å². The summed E-state index contributed by atoms with van der Waals surface area (Å²) in [5.41, 5.74) is 1.54. The van der Waals surface area contributed by atoms with E-state index in [4.69, 9.17) is 44.3 Å². The summed E-state index contributed by atoms with van der Waals surface area (Å²) in [6.45, 7) is 3.53. The molecule has 0 aliphatic heterocycles. The molecule has 168 valence electrons. The van der Waals surface area contributed by atoms with Crippen molar-refractivity contribution in [2.45, 2.75) is 20.0 Å². The van der Waals surface area contributed by atoms with Crippen LogP contribution in [-0.4, -0.2) is 23.8 Å². The van der Waals surface area contributed by atoms with Crippen LogP contribution >= 0.6 is 34.8 Å². The second kappa shape index (κ2) is 10.7. The summed E-state index contributed by atoms with van der Waals surface area (Å²) >= 11 is 18.5. The van der Waals surface area contributed by atoms with E-state index >= 15 is 0 Å². The quantitative estimate of drug-likeness (QED) is 0.245. The molecule has 1 atom stereocenters. The number of aromatic hydroxyl groups is 1. The monoisotopic (exact) mass is 494 g/mol. The second-order valence-corrected chi connectivity index (χ2v) is 8.15. The summed E-state index contributed by atoms with van der Waals surface area (Å²) in [4.78, 5) is 12.5. The number of aryl methyl sites for hydroxylation is 1. The van der Waals surface area contributed by atoms with Gasteiger partial charge in [-0.1, -0.05) is 53.0 Å². The molecule has 1 amide bonds. The van der Waals surface area contributed by atoms with Crippen LogP contribution in [0.15, 0.2) is 54.6 Å². The molecule has 0 radical (unpaired) electrons. The predicted molar refractivity (Wildman–Crippen MR) is 129 cm³/mol. The Kier molecular flexibility index (Phi) is 7.96. The van der Waals surface area contributed by atoms with Gasteiger partial charge in [0.1, 0.15) is 17.2 Å². The molecule has 3 N–H and O–H groups in total. The van der Waals surface area contributed by atoms with Crippen LogP contribution < -0.4 is 20.1 Å². The van der Waals surface area contributed by atoms with Gasteiger partial charge in [-0.05, 0) is 49.7 Å². The maximum atomic E-state index is 12.5. The maximum Gasteiger partial charge on any atom is 0.265 e. The van der Waals surface area contributed by atoms with Gasteiger partial charge < -0.3 is 25.2 Å². The highest BCUT2D eigenvalue weighted by Gasteiger charge is 2.18. The van der Waals surface area contributed by atoms with E-state index in [1.54, 1.807) is 43.3 Å². The van der Waals surface area contributed by atoms with E-state index in [1.807, 2.05) is 13.0 Å². The number of halogens is 3. The van der Waals surface area contributed by atoms with Gasteiger partial charge in [0.05, 0.1) is 26.4 Å². The summed E-state index contributed by atoms with van der Waals surface area (Å²) in [5.74, 6) is 0.319. The highest BCUT2D eigenvalue weighted by atomic mass is 35.5. The number of benzene rings is 3. The number of anilines is 2. The van der Waals surface area contributed by atoms with Crippen LogP contribution in [0.25, 0.3) is 0 Å². The topological polar surface area (TPSA) is 79.8 Å². The molecule has 3 rings (SSSR count). The Morgan fingerprint density at radius 1 is 0.969 bits per heavy atom. The number of hydrogen-bond acceptors (Lipinski definition) is 5. The first-order chi connectivity index (χ1) is 15.2. The number of phenols is 1. The Hall–Kier alpha value is -2.80. The van der Waals surface area contributed by atoms with Gasteiger partial charge >= 0.3 is 0 Å². The summed E-state index contributed by atoms with van der Waals surface area (Å²) in [7, 11) is 0. The normalized spacial score (nSPS) is 11.5. The largest absolute Gasteiger partial charge is 0.506 e. The lowest BCUT2D eigenvalue weighted by atomic mass is 10.2. The van der Waals surface area contributed by atoms with Crippen molar-refractivity contribution < 1.29 is 19.4 Å². The molecular weight excluding hydrogens is 475 g/mol. The maximum absolute atomic E-state index is 12.5. The van der Waals surface area contributed by atoms with Crippen LogP contribution in [0, 0.1) is 6.92 Å². The van der Waals surface area contributed by atoms with Crippen LogP contribution in [-0.2, 0) is 4.79 Å². The number of ether oxygens (including phenoxy) is 2. The summed E-state index contributed by atoms with van der Waals surface area (Å²) in [6, 6.07) is 15.1. The average Bonchev–Trinajstić information content (AvgIpc) is 2.74. The zero-order valence-corrected chi connectivity index (χ0v) is 19.6. The smallest absolute Gasteiger partial charge is 0.265 e. The Morgan fingerprint density at radius 3 is 2.44 bits per heavy atom. The molecule has 3 aromatic carbocycles. The molecule has 32 heavy (non-hydrogen) atoms. The number of phenolic OH excluding ortho intramolecular Hbond substituents is 1. The second-order valence-electron chi connectivity index (χ2n) is 6.93. The van der Waals surface area contributed by atoms with Crippen molar-refractivity contribution in [3.8, 4) is 17.2 Å². The van der Waals surface area contributed by atoms with E-state index in [-0.39, 0.29) is 23.2 Å². The molecule has 1 unspecified atom stereocenters. The zero-order chi connectivity index (χ0) is 23.3. The van der Waals surface area contributed by atoms with Gasteiger partial charge in [0.2, 0.25) is 0 Å². The van der Waals surface area contributed by atoms with Crippen LogP contribution in [0.3, 0.4) is 0 Å². The number of hydrogen-bond donors (Lipinski definition) is 3. The lowest BCUT2D eigenvalue weighted by molar-refractivity contribution is -0.122. The number of carbonyl (C=O) groups is 1. The molecule has 0 aliphatic rings. The highest BCUT2D eigenvalue weighted by molar-refractivity contribution is 6.34. The van der Waals surface area contributed by atoms with Crippen molar-refractivity contribution in [2.75, 3.05) is 17.4 Å². The van der Waals surface area contributed by atoms with Gasteiger partial charge in [0, 0.05) is 6.07 Å². The first-order valence-electron chi connectivity index (χ1n) is 9.62. The molecule has 0 aliphatic carbocycles. The van der Waals surface area contributed by atoms with E-state index in [2.05, 4.69) is 10.6 Å². The minimum Gasteiger partial charge on any atom is -0.506 e. The molecule has 0 heterocycles. The van der Waals surface area contributed by atoms with Crippen molar-refractivity contribution in [3.63, 3.8) is 0 Å². The van der Waals surface area contributed by atoms with Crippen molar-refractivity contribution >= 4 is 52.1 Å². The Balaban J connectivity index is 1.61. The van der Waals surface area contributed by atoms with Crippen molar-refractivity contribution in [3.05, 3.63) is 75.2 Å². The lowest BCUT2D eigenvalue weighted by Crippen LogP contribution is -2.30. The average molecular weight is 496 g/mol. The fraction of sp³-hybridized carbons (Fsp3) is 0.174. The van der Waals surface area contributed by atoms with E-state index in [0.29, 0.717) is 27.2 Å². The third-order valence-corrected chi connectivity index (χ3v) is 5.35. The number of nitrogens with one attached hydrogen (secondary N) is 2. The van der Waals surface area contributed by atoms with Crippen LogP contribution in [0.1, 0.15) is 12.5 Å². The molecule has 0 saturated heterocycles. The molecule has 0 bridgehead atoms. The number of para-hydroxylation sites is 1. The van der Waals surface area contributed by atoms with Crippen molar-refractivity contribution in [1.82, 2.24) is 0 Å². The number of carbonyl (C=O) groups excluding carboxylic acids is 1.